The molecule has 1 saturated heterocycles. The number of aryl methyl sites for hydroxylation is 1. The molecule has 1 amide bonds. The van der Waals surface area contributed by atoms with Crippen molar-refractivity contribution in [1.82, 2.24) is 9.88 Å². The number of alkyl halides is 9. The summed E-state index contributed by atoms with van der Waals surface area (Å²) in [5.41, 5.74) is -3.57. The van der Waals surface area contributed by atoms with Crippen LogP contribution in [0.3, 0.4) is 0 Å². The maximum Gasteiger partial charge on any atom is 0.416 e. The Hall–Kier alpha value is -5.28. The van der Waals surface area contributed by atoms with Gasteiger partial charge in [-0.3, -0.25) is 4.90 Å². The lowest BCUT2D eigenvalue weighted by atomic mass is 9.92. The van der Waals surface area contributed by atoms with Crippen LogP contribution in [-0.4, -0.2) is 40.2 Å². The van der Waals surface area contributed by atoms with Crippen LogP contribution in [0.2, 0.25) is 0 Å². The molecule has 0 bridgehead atoms. The van der Waals surface area contributed by atoms with E-state index in [9.17, 15) is 54.2 Å². The van der Waals surface area contributed by atoms with Crippen molar-refractivity contribution in [3.63, 3.8) is 0 Å². The Balaban J connectivity index is 1.59. The Bertz CT molecular complexity index is 1940. The molecular weight excluding hydrogens is 687 g/mol. The average Bonchev–Trinajstić information content (AvgIpc) is 3.31. The van der Waals surface area contributed by atoms with Gasteiger partial charge in [-0.25, -0.2) is 14.6 Å². The number of hydrogen-bond acceptors (Lipinski definition) is 5. The van der Waals surface area contributed by atoms with Crippen LogP contribution in [0.15, 0.2) is 66.7 Å². The van der Waals surface area contributed by atoms with Crippen molar-refractivity contribution in [1.29, 1.82) is 0 Å². The first-order chi connectivity index (χ1) is 23.2. The molecule has 1 aromatic heterocycles. The number of hydrogen-bond donors (Lipinski definition) is 1. The summed E-state index contributed by atoms with van der Waals surface area (Å²) in [7, 11) is 1.31. The summed E-state index contributed by atoms with van der Waals surface area (Å²) in [6, 6.07) is 9.75. The van der Waals surface area contributed by atoms with Gasteiger partial charge in [-0.1, -0.05) is 18.2 Å². The summed E-state index contributed by atoms with van der Waals surface area (Å²) in [5.74, 6) is -1.06. The van der Waals surface area contributed by atoms with Gasteiger partial charge >= 0.3 is 30.6 Å². The standard InChI is InChI=1S/C34H25F9N2O5/c1-16-24(7-8-27(44-16)30(46)47)18-4-9-28(49-3)26(13-18)25-6-5-21(32(35,36)37)12-20(25)15-45-17(2)29(50-31(45)48)19-10-22(33(38,39)40)14-23(11-19)34(41,42)43/h4-14,17,29H,15H2,1-3H3,(H,46,47)/t17-,29-/m0/s1. The second-order valence-corrected chi connectivity index (χ2v) is 11.4. The van der Waals surface area contributed by atoms with E-state index in [1.54, 1.807) is 19.1 Å². The third-order valence-corrected chi connectivity index (χ3v) is 8.21. The van der Waals surface area contributed by atoms with Crippen LogP contribution in [0.4, 0.5) is 44.3 Å². The minimum absolute atomic E-state index is 0.0722. The second kappa shape index (κ2) is 12.9. The van der Waals surface area contributed by atoms with Gasteiger partial charge < -0.3 is 14.6 Å². The van der Waals surface area contributed by atoms with Crippen LogP contribution in [0, 0.1) is 6.92 Å². The predicted octanol–water partition coefficient (Wildman–Crippen LogP) is 9.57. The number of pyridine rings is 1. The van der Waals surface area contributed by atoms with Crippen molar-refractivity contribution in [2.24, 2.45) is 0 Å². The van der Waals surface area contributed by atoms with E-state index >= 15 is 0 Å². The lowest BCUT2D eigenvalue weighted by Gasteiger charge is -2.24. The molecule has 0 spiro atoms. The van der Waals surface area contributed by atoms with Crippen LogP contribution in [0.1, 0.15) is 57.0 Å². The van der Waals surface area contributed by atoms with Crippen LogP contribution >= 0.6 is 0 Å². The van der Waals surface area contributed by atoms with Crippen LogP contribution in [0.5, 0.6) is 5.75 Å². The van der Waals surface area contributed by atoms with Gasteiger partial charge in [0, 0.05) is 16.8 Å². The number of aromatic carboxylic acids is 1. The normalized spacial score (nSPS) is 16.8. The van der Waals surface area contributed by atoms with E-state index in [1.807, 2.05) is 0 Å². The molecule has 3 aromatic carbocycles. The monoisotopic (exact) mass is 712 g/mol. The summed E-state index contributed by atoms with van der Waals surface area (Å²) < 4.78 is 134. The molecule has 264 valence electrons. The predicted molar refractivity (Wildman–Crippen MR) is 159 cm³/mol. The molecule has 0 unspecified atom stereocenters. The van der Waals surface area contributed by atoms with Gasteiger partial charge in [0.05, 0.1) is 36.4 Å². The van der Waals surface area contributed by atoms with Gasteiger partial charge in [-0.05, 0) is 84.6 Å². The quantitative estimate of drug-likeness (QED) is 0.192. The van der Waals surface area contributed by atoms with Crippen LogP contribution in [0.25, 0.3) is 22.3 Å². The third-order valence-electron chi connectivity index (χ3n) is 8.21. The summed E-state index contributed by atoms with van der Waals surface area (Å²) >= 11 is 0. The number of carboxylic acids is 1. The van der Waals surface area contributed by atoms with E-state index in [2.05, 4.69) is 4.98 Å². The number of carbonyl (C=O) groups excluding carboxylic acids is 1. The van der Waals surface area contributed by atoms with Crippen molar-refractivity contribution >= 4 is 12.1 Å². The summed E-state index contributed by atoms with van der Waals surface area (Å²) in [4.78, 5) is 29.5. The molecule has 50 heavy (non-hydrogen) atoms. The summed E-state index contributed by atoms with van der Waals surface area (Å²) in [5, 5.41) is 9.28. The Labute approximate surface area is 277 Å². The molecule has 2 atom stereocenters. The number of carboxylic acid groups (broad SMARTS) is 1. The molecule has 0 saturated carbocycles. The van der Waals surface area contributed by atoms with Crippen molar-refractivity contribution in [3.05, 3.63) is 106 Å². The first kappa shape index (κ1) is 36.0. The van der Waals surface area contributed by atoms with Gasteiger partial charge in [-0.2, -0.15) is 39.5 Å². The fourth-order valence-electron chi connectivity index (χ4n) is 5.72. The smallest absolute Gasteiger partial charge is 0.416 e. The fourth-order valence-corrected chi connectivity index (χ4v) is 5.72. The number of benzene rings is 3. The number of ether oxygens (including phenoxy) is 2. The zero-order valence-electron chi connectivity index (χ0n) is 26.1. The molecule has 4 aromatic rings. The highest BCUT2D eigenvalue weighted by Crippen LogP contribution is 2.43. The van der Waals surface area contributed by atoms with Crippen molar-refractivity contribution in [2.75, 3.05) is 7.11 Å². The highest BCUT2D eigenvalue weighted by Gasteiger charge is 2.44. The molecule has 1 aliphatic heterocycles. The second-order valence-electron chi connectivity index (χ2n) is 11.4. The van der Waals surface area contributed by atoms with E-state index in [1.165, 1.54) is 32.2 Å². The lowest BCUT2D eigenvalue weighted by Crippen LogP contribution is -2.32. The van der Waals surface area contributed by atoms with E-state index in [-0.39, 0.29) is 34.2 Å². The molecule has 0 radical (unpaired) electrons. The molecule has 0 aliphatic carbocycles. The van der Waals surface area contributed by atoms with E-state index in [0.29, 0.717) is 29.0 Å². The van der Waals surface area contributed by atoms with Crippen LogP contribution < -0.4 is 4.74 Å². The number of halogens is 9. The molecular formula is C34H25F9N2O5. The first-order valence-electron chi connectivity index (χ1n) is 14.6. The number of carbonyl (C=O) groups is 2. The first-order valence-corrected chi connectivity index (χ1v) is 14.6. The molecule has 1 fully saturated rings. The number of nitrogens with zero attached hydrogens (tertiary/aromatic N) is 2. The lowest BCUT2D eigenvalue weighted by molar-refractivity contribution is -0.143. The van der Waals surface area contributed by atoms with E-state index < -0.39 is 71.5 Å². The highest BCUT2D eigenvalue weighted by atomic mass is 19.4. The van der Waals surface area contributed by atoms with Gasteiger partial charge in [0.25, 0.3) is 0 Å². The van der Waals surface area contributed by atoms with Crippen molar-refractivity contribution in [2.45, 2.75) is 51.1 Å². The van der Waals surface area contributed by atoms with Crippen molar-refractivity contribution in [3.8, 4) is 28.0 Å². The minimum atomic E-state index is -5.17. The third kappa shape index (κ3) is 7.19. The molecule has 2 heterocycles. The SMILES string of the molecule is COc1ccc(-c2ccc(C(=O)O)nc2C)cc1-c1ccc(C(F)(F)F)cc1CN1C(=O)O[C@H](c2cc(C(F)(F)F)cc(C(F)(F)F)c2)[C@@H]1C. The van der Waals surface area contributed by atoms with Gasteiger partial charge in [0.1, 0.15) is 17.5 Å². The van der Waals surface area contributed by atoms with E-state index in [0.717, 1.165) is 23.1 Å². The highest BCUT2D eigenvalue weighted by molar-refractivity contribution is 5.87. The number of amides is 1. The van der Waals surface area contributed by atoms with Gasteiger partial charge in [-0.15, -0.1) is 0 Å². The van der Waals surface area contributed by atoms with E-state index in [4.69, 9.17) is 9.47 Å². The number of rotatable bonds is 7. The van der Waals surface area contributed by atoms with Crippen molar-refractivity contribution < 1.29 is 63.7 Å². The van der Waals surface area contributed by atoms with Gasteiger partial charge in [0.2, 0.25) is 0 Å². The molecule has 7 nitrogen and oxygen atoms in total. The Morgan fingerprint density at radius 3 is 1.96 bits per heavy atom. The maximum absolute atomic E-state index is 13.9. The Morgan fingerprint density at radius 2 is 1.42 bits per heavy atom. The zero-order chi connectivity index (χ0) is 36.9. The topological polar surface area (TPSA) is 89.0 Å². The minimum Gasteiger partial charge on any atom is -0.496 e. The molecule has 1 N–H and O–H groups in total. The Morgan fingerprint density at radius 1 is 0.820 bits per heavy atom. The zero-order valence-corrected chi connectivity index (χ0v) is 26.1. The van der Waals surface area contributed by atoms with Crippen LogP contribution in [-0.2, 0) is 29.8 Å². The summed E-state index contributed by atoms with van der Waals surface area (Å²) in [6.07, 6.45) is -18.0. The molecule has 1 aliphatic rings. The number of aromatic nitrogens is 1. The number of methoxy groups -OCH3 is 1. The maximum atomic E-state index is 13.9. The van der Waals surface area contributed by atoms with Gasteiger partial charge in [0.15, 0.2) is 0 Å². The summed E-state index contributed by atoms with van der Waals surface area (Å²) in [6.45, 7) is 2.25. The fraction of sp³-hybridized carbons (Fsp3) is 0.265. The average molecular weight is 713 g/mol. The number of cyclic esters (lactones) is 1. The largest absolute Gasteiger partial charge is 0.496 e. The molecule has 16 heteroatoms. The Kier molecular flexibility index (Phi) is 9.27. The molecule has 5 rings (SSSR count).